The Bertz CT molecular complexity index is 1200. The lowest BCUT2D eigenvalue weighted by Crippen LogP contribution is -2.73. The minimum Gasteiger partial charge on any atom is -0.477 e. The molecular weight excluding hydrogens is 490 g/mol. The number of carboxylic acid groups (broad SMARTS) is 1. The number of carbonyl (C=O) groups is 1. The smallest absolute Gasteiger partial charge is 0.367 e. The van der Waals surface area contributed by atoms with E-state index < -0.39 is 17.7 Å². The molecular formula is C29H37ClN3O4+. The molecule has 5 heterocycles. The largest absolute Gasteiger partial charge is 0.477 e. The molecule has 1 fully saturated rings. The van der Waals surface area contributed by atoms with Gasteiger partial charge in [-0.3, -0.25) is 4.48 Å². The maximum absolute atomic E-state index is 12.5. The number of quaternary nitrogens is 1. The van der Waals surface area contributed by atoms with Gasteiger partial charge in [0.1, 0.15) is 5.82 Å². The maximum atomic E-state index is 12.5. The number of halogens is 1. The van der Waals surface area contributed by atoms with E-state index in [9.17, 15) is 9.90 Å². The van der Waals surface area contributed by atoms with Crippen molar-refractivity contribution >= 4 is 23.4 Å². The van der Waals surface area contributed by atoms with Gasteiger partial charge in [0.15, 0.2) is 0 Å². The summed E-state index contributed by atoms with van der Waals surface area (Å²) in [6, 6.07) is 7.59. The van der Waals surface area contributed by atoms with Crippen molar-refractivity contribution in [2.75, 3.05) is 44.8 Å². The summed E-state index contributed by atoms with van der Waals surface area (Å²) in [5.41, 5.74) is 4.90. The van der Waals surface area contributed by atoms with Gasteiger partial charge < -0.3 is 19.9 Å². The molecule has 2 unspecified atom stereocenters. The first-order chi connectivity index (χ1) is 17.9. The van der Waals surface area contributed by atoms with Crippen molar-refractivity contribution in [3.63, 3.8) is 0 Å². The number of aliphatic carboxylic acids is 1. The summed E-state index contributed by atoms with van der Waals surface area (Å²) in [7, 11) is 0. The average Bonchev–Trinajstić information content (AvgIpc) is 3.08. The Balaban J connectivity index is 0.986. The highest BCUT2D eigenvalue weighted by Gasteiger charge is 2.70. The predicted octanol–water partition coefficient (Wildman–Crippen LogP) is 4.85. The number of pyridine rings is 1. The van der Waals surface area contributed by atoms with Crippen LogP contribution in [0.15, 0.2) is 24.3 Å². The third kappa shape index (κ3) is 4.24. The highest BCUT2D eigenvalue weighted by molar-refractivity contribution is 6.30. The van der Waals surface area contributed by atoms with Crippen LogP contribution >= 0.6 is 11.6 Å². The fraction of sp³-hybridized carbons (Fsp3) is 0.586. The Morgan fingerprint density at radius 3 is 2.95 bits per heavy atom. The second kappa shape index (κ2) is 9.84. The summed E-state index contributed by atoms with van der Waals surface area (Å²) < 4.78 is 12.8. The molecule has 4 aliphatic heterocycles. The molecule has 198 valence electrons. The van der Waals surface area contributed by atoms with Gasteiger partial charge >= 0.3 is 5.97 Å². The third-order valence-electron chi connectivity index (χ3n) is 9.00. The van der Waals surface area contributed by atoms with E-state index in [-0.39, 0.29) is 0 Å². The number of fused-ring (bicyclic) bond motifs is 2. The highest BCUT2D eigenvalue weighted by atomic mass is 35.5. The molecule has 6 rings (SSSR count). The van der Waals surface area contributed by atoms with Gasteiger partial charge in [0.2, 0.25) is 11.8 Å². The molecule has 0 amide bonds. The van der Waals surface area contributed by atoms with Crippen molar-refractivity contribution in [2.45, 2.75) is 63.6 Å². The molecule has 37 heavy (non-hydrogen) atoms. The molecule has 0 bridgehead atoms. The zero-order chi connectivity index (χ0) is 25.6. The zero-order valence-electron chi connectivity index (χ0n) is 21.6. The fourth-order valence-electron chi connectivity index (χ4n) is 7.28. The maximum Gasteiger partial charge on any atom is 0.367 e. The zero-order valence-corrected chi connectivity index (χ0v) is 22.4. The number of aryl methyl sites for hydroxylation is 2. The van der Waals surface area contributed by atoms with E-state index in [0.29, 0.717) is 28.6 Å². The van der Waals surface area contributed by atoms with Crippen LogP contribution in [0, 0.1) is 5.92 Å². The van der Waals surface area contributed by atoms with Crippen LogP contribution in [-0.2, 0) is 39.3 Å². The normalized spacial score (nSPS) is 29.4. The van der Waals surface area contributed by atoms with Crippen molar-refractivity contribution in [2.24, 2.45) is 5.92 Å². The van der Waals surface area contributed by atoms with Crippen LogP contribution in [0.4, 0.5) is 5.82 Å². The number of hydrogen-bond donors (Lipinski definition) is 2. The first-order valence-electron chi connectivity index (χ1n) is 13.8. The highest BCUT2D eigenvalue weighted by Crippen LogP contribution is 2.60. The van der Waals surface area contributed by atoms with Gasteiger partial charge in [-0.15, -0.1) is 0 Å². The van der Waals surface area contributed by atoms with Crippen LogP contribution in [0.2, 0.25) is 5.02 Å². The summed E-state index contributed by atoms with van der Waals surface area (Å²) >= 11 is 6.39. The van der Waals surface area contributed by atoms with E-state index in [1.54, 1.807) is 0 Å². The van der Waals surface area contributed by atoms with Gasteiger partial charge in [0.25, 0.3) is 0 Å². The van der Waals surface area contributed by atoms with Crippen LogP contribution in [0.1, 0.15) is 66.6 Å². The van der Waals surface area contributed by atoms with Crippen molar-refractivity contribution in [3.8, 4) is 0 Å². The van der Waals surface area contributed by atoms with Gasteiger partial charge in [0.05, 0.1) is 37.8 Å². The second-order valence-electron chi connectivity index (χ2n) is 11.3. The van der Waals surface area contributed by atoms with Crippen molar-refractivity contribution in [3.05, 3.63) is 57.2 Å². The fourth-order valence-corrected chi connectivity index (χ4v) is 7.53. The summed E-state index contributed by atoms with van der Waals surface area (Å²) in [4.78, 5) is 17.3. The van der Waals surface area contributed by atoms with Crippen LogP contribution < -0.4 is 5.32 Å². The van der Waals surface area contributed by atoms with Crippen LogP contribution in [0.5, 0.6) is 0 Å². The van der Waals surface area contributed by atoms with Gasteiger partial charge in [0, 0.05) is 36.4 Å². The second-order valence-corrected chi connectivity index (χ2v) is 11.8. The van der Waals surface area contributed by atoms with Gasteiger partial charge in [-0.25, -0.2) is 9.78 Å². The monoisotopic (exact) mass is 526 g/mol. The molecule has 2 atom stereocenters. The lowest BCUT2D eigenvalue weighted by atomic mass is 9.88. The van der Waals surface area contributed by atoms with Crippen molar-refractivity contribution < 1.29 is 23.9 Å². The van der Waals surface area contributed by atoms with Crippen LogP contribution in [0.25, 0.3) is 0 Å². The lowest BCUT2D eigenvalue weighted by Gasteiger charge is -2.58. The number of aromatic nitrogens is 1. The molecule has 7 nitrogen and oxygen atoms in total. The number of hydrogen-bond acceptors (Lipinski definition) is 5. The Morgan fingerprint density at radius 2 is 2.11 bits per heavy atom. The van der Waals surface area contributed by atoms with E-state index in [4.69, 9.17) is 26.1 Å². The van der Waals surface area contributed by atoms with Crippen LogP contribution in [0.3, 0.4) is 0 Å². The molecule has 1 saturated heterocycles. The molecule has 1 aromatic carbocycles. The Hall–Kier alpha value is -2.19. The summed E-state index contributed by atoms with van der Waals surface area (Å²) in [5.74, 6) is 0.614. The van der Waals surface area contributed by atoms with Crippen molar-refractivity contribution in [1.82, 2.24) is 4.98 Å². The molecule has 1 aromatic heterocycles. The molecule has 2 N–H and O–H groups in total. The average molecular weight is 527 g/mol. The minimum atomic E-state index is -0.799. The Morgan fingerprint density at radius 1 is 1.24 bits per heavy atom. The summed E-state index contributed by atoms with van der Waals surface area (Å²) in [5, 5.41) is 14.3. The number of nitrogens with one attached hydrogen (secondary N) is 1. The standard InChI is InChI=1S/C29H36ClN3O4/c1-29-25-21(10-13-37-29)14-22(30)15-24(25)26(28(34)35)33(29)16-19(17-33)18-36-12-4-2-3-7-23-9-8-20-6-5-11-31-27(20)32-23/h8-9,14-15,19,26H,2-7,10-13,16-18H2,1H3,(H-,31,32,34,35)/p+1. The van der Waals surface area contributed by atoms with Gasteiger partial charge in [-0.2, -0.15) is 0 Å². The number of nitrogens with zero attached hydrogens (tertiary/aromatic N) is 2. The topological polar surface area (TPSA) is 80.7 Å². The predicted molar refractivity (Wildman–Crippen MR) is 142 cm³/mol. The number of benzene rings is 1. The summed E-state index contributed by atoms with van der Waals surface area (Å²) in [6.45, 7) is 6.60. The first-order valence-corrected chi connectivity index (χ1v) is 14.2. The summed E-state index contributed by atoms with van der Waals surface area (Å²) in [6.07, 6.45) is 7.34. The number of anilines is 1. The number of unbranched alkanes of at least 4 members (excludes halogenated alkanes) is 2. The molecule has 0 saturated carbocycles. The number of rotatable bonds is 9. The van der Waals surface area contributed by atoms with E-state index in [0.717, 1.165) is 87.3 Å². The molecule has 0 aliphatic carbocycles. The molecule has 1 spiro atoms. The number of carboxylic acids is 1. The quantitative estimate of drug-likeness (QED) is 0.359. The van der Waals surface area contributed by atoms with Crippen molar-refractivity contribution in [1.29, 1.82) is 0 Å². The first kappa shape index (κ1) is 25.1. The molecule has 0 radical (unpaired) electrons. The van der Waals surface area contributed by atoms with E-state index >= 15 is 0 Å². The molecule has 4 aliphatic rings. The Kier molecular flexibility index (Phi) is 6.68. The molecule has 2 aromatic rings. The Labute approximate surface area is 223 Å². The molecule has 8 heteroatoms. The van der Waals surface area contributed by atoms with Crippen LogP contribution in [-0.4, -0.2) is 60.0 Å². The van der Waals surface area contributed by atoms with Gasteiger partial charge in [-0.05, 0) is 67.9 Å². The van der Waals surface area contributed by atoms with E-state index in [2.05, 4.69) is 24.4 Å². The van der Waals surface area contributed by atoms with Gasteiger partial charge in [-0.1, -0.05) is 24.1 Å². The number of ether oxygens (including phenoxy) is 2. The SMILES string of the molecule is CC12OCCc3cc(Cl)cc(c31)C(C(=O)O)[N+]21CC(COCCCCCc2ccc3c(n2)NCCC3)C1. The third-order valence-corrected chi connectivity index (χ3v) is 9.22. The van der Waals surface area contributed by atoms with E-state index in [1.807, 2.05) is 12.1 Å². The lowest BCUT2D eigenvalue weighted by molar-refractivity contribution is -1.06. The van der Waals surface area contributed by atoms with E-state index in [1.165, 1.54) is 17.7 Å². The minimum absolute atomic E-state index is 0.338.